The molecule has 0 radical (unpaired) electrons. The van der Waals surface area contributed by atoms with Crippen LogP contribution < -0.4 is 10.5 Å². The number of rotatable bonds is 2. The minimum absolute atomic E-state index is 0.494. The zero-order chi connectivity index (χ0) is 10.8. The Kier molecular flexibility index (Phi) is 3.17. The van der Waals surface area contributed by atoms with Gasteiger partial charge in [-0.3, -0.25) is 0 Å². The second-order valence-electron chi connectivity index (χ2n) is 4.14. The van der Waals surface area contributed by atoms with Crippen LogP contribution in [0.3, 0.4) is 0 Å². The van der Waals surface area contributed by atoms with E-state index in [1.807, 2.05) is 12.1 Å². The van der Waals surface area contributed by atoms with Crippen molar-refractivity contribution in [2.24, 2.45) is 11.7 Å². The molecule has 1 heterocycles. The quantitative estimate of drug-likeness (QED) is 0.840. The fourth-order valence-corrected chi connectivity index (χ4v) is 2.31. The van der Waals surface area contributed by atoms with Gasteiger partial charge in [-0.1, -0.05) is 24.6 Å². The van der Waals surface area contributed by atoms with Crippen LogP contribution in [0.2, 0.25) is 5.02 Å². The molecular weight excluding hydrogens is 210 g/mol. The molecule has 1 aromatic carbocycles. The Bertz CT molecular complexity index is 353. The summed E-state index contributed by atoms with van der Waals surface area (Å²) in [6.45, 7) is 3.67. The van der Waals surface area contributed by atoms with E-state index in [0.29, 0.717) is 18.4 Å². The highest BCUT2D eigenvalue weighted by atomic mass is 35.5. The van der Waals surface area contributed by atoms with Gasteiger partial charge in [0, 0.05) is 5.02 Å². The Morgan fingerprint density at radius 1 is 1.60 bits per heavy atom. The van der Waals surface area contributed by atoms with Gasteiger partial charge in [-0.15, -0.1) is 0 Å². The van der Waals surface area contributed by atoms with Crippen LogP contribution in [0.4, 0.5) is 0 Å². The third kappa shape index (κ3) is 2.11. The average molecular weight is 226 g/mol. The third-order valence-corrected chi connectivity index (χ3v) is 3.36. The van der Waals surface area contributed by atoms with Crippen molar-refractivity contribution >= 4 is 11.6 Å². The first-order valence-corrected chi connectivity index (χ1v) is 5.72. The smallest absolute Gasteiger partial charge is 0.124 e. The van der Waals surface area contributed by atoms with Gasteiger partial charge in [0.05, 0.1) is 6.61 Å². The summed E-state index contributed by atoms with van der Waals surface area (Å²) in [4.78, 5) is 0. The second kappa shape index (κ2) is 4.42. The zero-order valence-electron chi connectivity index (χ0n) is 8.87. The zero-order valence-corrected chi connectivity index (χ0v) is 9.63. The molecule has 2 atom stereocenters. The van der Waals surface area contributed by atoms with E-state index >= 15 is 0 Å². The van der Waals surface area contributed by atoms with Gasteiger partial charge in [0.25, 0.3) is 0 Å². The van der Waals surface area contributed by atoms with E-state index in [1.165, 1.54) is 5.56 Å². The fourth-order valence-electron chi connectivity index (χ4n) is 2.15. The number of benzene rings is 1. The molecular formula is C12H16ClNO. The SMILES string of the molecule is CC(CN)C1CCOc2cc(Cl)ccc21. The highest BCUT2D eigenvalue weighted by Crippen LogP contribution is 2.39. The van der Waals surface area contributed by atoms with Gasteiger partial charge in [0.1, 0.15) is 5.75 Å². The van der Waals surface area contributed by atoms with Crippen LogP contribution in [-0.4, -0.2) is 13.2 Å². The lowest BCUT2D eigenvalue weighted by Crippen LogP contribution is -2.24. The van der Waals surface area contributed by atoms with Gasteiger partial charge in [-0.05, 0) is 42.5 Å². The first-order valence-electron chi connectivity index (χ1n) is 5.34. The van der Waals surface area contributed by atoms with Crippen molar-refractivity contribution in [3.05, 3.63) is 28.8 Å². The summed E-state index contributed by atoms with van der Waals surface area (Å²) in [6.07, 6.45) is 1.05. The Morgan fingerprint density at radius 2 is 2.40 bits per heavy atom. The van der Waals surface area contributed by atoms with Crippen LogP contribution in [0, 0.1) is 5.92 Å². The molecule has 0 aliphatic carbocycles. The van der Waals surface area contributed by atoms with E-state index in [1.54, 1.807) is 0 Å². The maximum atomic E-state index is 5.93. The molecule has 2 rings (SSSR count). The van der Waals surface area contributed by atoms with E-state index in [4.69, 9.17) is 22.1 Å². The number of hydrogen-bond acceptors (Lipinski definition) is 2. The van der Waals surface area contributed by atoms with Crippen molar-refractivity contribution in [3.63, 3.8) is 0 Å². The summed E-state index contributed by atoms with van der Waals surface area (Å²) in [6, 6.07) is 5.88. The largest absolute Gasteiger partial charge is 0.493 e. The molecule has 0 bridgehead atoms. The molecule has 3 heteroatoms. The third-order valence-electron chi connectivity index (χ3n) is 3.12. The Hall–Kier alpha value is -0.730. The molecule has 82 valence electrons. The van der Waals surface area contributed by atoms with Crippen LogP contribution in [0.1, 0.15) is 24.8 Å². The molecule has 0 spiro atoms. The molecule has 1 aliphatic rings. The van der Waals surface area contributed by atoms with E-state index in [0.717, 1.165) is 23.8 Å². The predicted molar refractivity (Wildman–Crippen MR) is 62.5 cm³/mol. The summed E-state index contributed by atoms with van der Waals surface area (Å²) in [5.74, 6) is 1.93. The van der Waals surface area contributed by atoms with Crippen molar-refractivity contribution in [1.29, 1.82) is 0 Å². The maximum Gasteiger partial charge on any atom is 0.124 e. The van der Waals surface area contributed by atoms with Crippen molar-refractivity contribution in [2.75, 3.05) is 13.2 Å². The van der Waals surface area contributed by atoms with Crippen LogP contribution in [0.25, 0.3) is 0 Å². The van der Waals surface area contributed by atoms with Crippen molar-refractivity contribution in [3.8, 4) is 5.75 Å². The van der Waals surface area contributed by atoms with Crippen LogP contribution in [0.5, 0.6) is 5.75 Å². The topological polar surface area (TPSA) is 35.2 Å². The monoisotopic (exact) mass is 225 g/mol. The second-order valence-corrected chi connectivity index (χ2v) is 4.58. The first-order chi connectivity index (χ1) is 7.22. The number of ether oxygens (including phenoxy) is 1. The van der Waals surface area contributed by atoms with Crippen molar-refractivity contribution in [2.45, 2.75) is 19.3 Å². The molecule has 0 fully saturated rings. The highest BCUT2D eigenvalue weighted by molar-refractivity contribution is 6.30. The predicted octanol–water partition coefficient (Wildman–Crippen LogP) is 2.80. The summed E-state index contributed by atoms with van der Waals surface area (Å²) >= 11 is 5.93. The Labute approximate surface area is 95.4 Å². The van der Waals surface area contributed by atoms with E-state index in [9.17, 15) is 0 Å². The lowest BCUT2D eigenvalue weighted by molar-refractivity contribution is 0.244. The number of nitrogens with two attached hydrogens (primary N) is 1. The Morgan fingerprint density at radius 3 is 3.13 bits per heavy atom. The highest BCUT2D eigenvalue weighted by Gasteiger charge is 2.25. The van der Waals surface area contributed by atoms with Crippen molar-refractivity contribution in [1.82, 2.24) is 0 Å². The molecule has 1 aromatic rings. The summed E-state index contributed by atoms with van der Waals surface area (Å²) in [7, 11) is 0. The molecule has 2 N–H and O–H groups in total. The van der Waals surface area contributed by atoms with E-state index in [2.05, 4.69) is 13.0 Å². The minimum atomic E-state index is 0.494. The first kappa shape index (κ1) is 10.8. The normalized spacial score (nSPS) is 21.7. The maximum absolute atomic E-state index is 5.93. The lowest BCUT2D eigenvalue weighted by Gasteiger charge is -2.29. The van der Waals surface area contributed by atoms with Crippen LogP contribution in [0.15, 0.2) is 18.2 Å². The van der Waals surface area contributed by atoms with Gasteiger partial charge in [-0.25, -0.2) is 0 Å². The van der Waals surface area contributed by atoms with Gasteiger partial charge in [0.15, 0.2) is 0 Å². The minimum Gasteiger partial charge on any atom is -0.493 e. The molecule has 0 saturated carbocycles. The van der Waals surface area contributed by atoms with Crippen molar-refractivity contribution < 1.29 is 4.74 Å². The summed E-state index contributed by atoms with van der Waals surface area (Å²) < 4.78 is 5.60. The molecule has 1 aliphatic heterocycles. The lowest BCUT2D eigenvalue weighted by atomic mass is 9.83. The van der Waals surface area contributed by atoms with E-state index < -0.39 is 0 Å². The number of fused-ring (bicyclic) bond motifs is 1. The molecule has 0 aromatic heterocycles. The standard InChI is InChI=1S/C12H16ClNO/c1-8(7-14)10-4-5-15-12-6-9(13)2-3-11(10)12/h2-3,6,8,10H,4-5,7,14H2,1H3. The molecule has 0 saturated heterocycles. The number of hydrogen-bond donors (Lipinski definition) is 1. The van der Waals surface area contributed by atoms with Gasteiger partial charge >= 0.3 is 0 Å². The average Bonchev–Trinajstić information content (AvgIpc) is 2.26. The fraction of sp³-hybridized carbons (Fsp3) is 0.500. The van der Waals surface area contributed by atoms with Crippen LogP contribution in [-0.2, 0) is 0 Å². The summed E-state index contributed by atoms with van der Waals surface area (Å²) in [5.41, 5.74) is 6.98. The van der Waals surface area contributed by atoms with Crippen LogP contribution >= 0.6 is 11.6 Å². The van der Waals surface area contributed by atoms with Gasteiger partial charge < -0.3 is 10.5 Å². The molecule has 0 amide bonds. The number of halogens is 1. The van der Waals surface area contributed by atoms with Gasteiger partial charge in [-0.2, -0.15) is 0 Å². The summed E-state index contributed by atoms with van der Waals surface area (Å²) in [5, 5.41) is 0.731. The van der Waals surface area contributed by atoms with Gasteiger partial charge in [0.2, 0.25) is 0 Å². The molecule has 15 heavy (non-hydrogen) atoms. The Balaban J connectivity index is 2.34. The molecule has 2 unspecified atom stereocenters. The molecule has 2 nitrogen and oxygen atoms in total. The van der Waals surface area contributed by atoms with E-state index in [-0.39, 0.29) is 0 Å².